The number of nitrogens with zero attached hydrogens (tertiary/aromatic N) is 2. The quantitative estimate of drug-likeness (QED) is 0.731. The van der Waals surface area contributed by atoms with E-state index in [2.05, 4.69) is 19.2 Å². The van der Waals surface area contributed by atoms with Crippen molar-refractivity contribution in [2.24, 2.45) is 5.92 Å². The maximum absolute atomic E-state index is 12.6. The molecule has 2 fully saturated rings. The van der Waals surface area contributed by atoms with Gasteiger partial charge in [-0.1, -0.05) is 20.8 Å². The standard InChI is InChI=1S/C17H31N3O4/c1-4-19(10-16(21)22)14-8-13(9-14)18-17(23)20-5-6-24-11-15(20)7-12(2)3/h12-15H,4-11H2,1-3H3,(H,18,23)(H,21,22). The summed E-state index contributed by atoms with van der Waals surface area (Å²) in [5.74, 6) is -0.275. The number of ether oxygens (including phenoxy) is 1. The molecule has 138 valence electrons. The Morgan fingerprint density at radius 3 is 2.67 bits per heavy atom. The van der Waals surface area contributed by atoms with Gasteiger partial charge in [0.15, 0.2) is 0 Å². The van der Waals surface area contributed by atoms with Gasteiger partial charge >= 0.3 is 12.0 Å². The SMILES string of the molecule is CCN(CC(=O)O)C1CC(NC(=O)N2CCOCC2CC(C)C)C1. The van der Waals surface area contributed by atoms with Gasteiger partial charge in [0.25, 0.3) is 0 Å². The molecule has 2 amide bonds. The zero-order chi connectivity index (χ0) is 17.7. The molecule has 2 aliphatic rings. The summed E-state index contributed by atoms with van der Waals surface area (Å²) in [7, 11) is 0. The Labute approximate surface area is 144 Å². The van der Waals surface area contributed by atoms with E-state index in [1.165, 1.54) is 0 Å². The van der Waals surface area contributed by atoms with Gasteiger partial charge in [0.1, 0.15) is 0 Å². The molecule has 1 saturated heterocycles. The van der Waals surface area contributed by atoms with E-state index in [4.69, 9.17) is 9.84 Å². The predicted octanol–water partition coefficient (Wildman–Crippen LogP) is 1.38. The van der Waals surface area contributed by atoms with Crippen LogP contribution in [0.1, 0.15) is 40.0 Å². The number of carbonyl (C=O) groups excluding carboxylic acids is 1. The Morgan fingerprint density at radius 1 is 1.38 bits per heavy atom. The number of rotatable bonds is 7. The molecular weight excluding hydrogens is 310 g/mol. The number of morpholine rings is 1. The molecule has 24 heavy (non-hydrogen) atoms. The second-order valence-electron chi connectivity index (χ2n) is 7.28. The third-order valence-electron chi connectivity index (χ3n) is 4.93. The van der Waals surface area contributed by atoms with Crippen LogP contribution in [0.25, 0.3) is 0 Å². The van der Waals surface area contributed by atoms with E-state index in [0.29, 0.717) is 25.7 Å². The summed E-state index contributed by atoms with van der Waals surface area (Å²) in [6, 6.07) is 0.544. The van der Waals surface area contributed by atoms with Crippen LogP contribution in [-0.2, 0) is 9.53 Å². The summed E-state index contributed by atoms with van der Waals surface area (Å²) in [6.07, 6.45) is 2.60. The highest BCUT2D eigenvalue weighted by Crippen LogP contribution is 2.26. The first-order chi connectivity index (χ1) is 11.4. The molecule has 2 N–H and O–H groups in total. The molecule has 7 nitrogen and oxygen atoms in total. The average Bonchev–Trinajstić information content (AvgIpc) is 2.48. The summed E-state index contributed by atoms with van der Waals surface area (Å²) in [5.41, 5.74) is 0. The third kappa shape index (κ3) is 5.08. The van der Waals surface area contributed by atoms with Gasteiger partial charge in [-0.2, -0.15) is 0 Å². The minimum absolute atomic E-state index is 0.00585. The van der Waals surface area contributed by atoms with Crippen LogP contribution in [0.15, 0.2) is 0 Å². The fourth-order valence-corrected chi connectivity index (χ4v) is 3.60. The van der Waals surface area contributed by atoms with Crippen molar-refractivity contribution < 1.29 is 19.4 Å². The van der Waals surface area contributed by atoms with Crippen molar-refractivity contribution in [2.45, 2.75) is 58.2 Å². The second-order valence-corrected chi connectivity index (χ2v) is 7.28. The van der Waals surface area contributed by atoms with Crippen molar-refractivity contribution in [1.29, 1.82) is 0 Å². The van der Waals surface area contributed by atoms with E-state index >= 15 is 0 Å². The lowest BCUT2D eigenvalue weighted by atomic mass is 9.85. The lowest BCUT2D eigenvalue weighted by Crippen LogP contribution is -2.59. The highest BCUT2D eigenvalue weighted by Gasteiger charge is 2.36. The van der Waals surface area contributed by atoms with Crippen molar-refractivity contribution in [3.63, 3.8) is 0 Å². The van der Waals surface area contributed by atoms with Crippen LogP contribution in [0.4, 0.5) is 4.79 Å². The number of carboxylic acid groups (broad SMARTS) is 1. The summed E-state index contributed by atoms with van der Waals surface area (Å²) in [4.78, 5) is 27.3. The molecule has 0 aromatic heterocycles. The average molecular weight is 341 g/mol. The van der Waals surface area contributed by atoms with Crippen LogP contribution < -0.4 is 5.32 Å². The molecule has 1 heterocycles. The summed E-state index contributed by atoms with van der Waals surface area (Å²) in [5, 5.41) is 12.0. The van der Waals surface area contributed by atoms with Crippen molar-refractivity contribution in [3.05, 3.63) is 0 Å². The Morgan fingerprint density at radius 2 is 2.08 bits per heavy atom. The van der Waals surface area contributed by atoms with Gasteiger partial charge in [-0.3, -0.25) is 9.69 Å². The molecule has 0 aromatic rings. The number of aliphatic carboxylic acids is 1. The number of hydrogen-bond donors (Lipinski definition) is 2. The fourth-order valence-electron chi connectivity index (χ4n) is 3.60. The monoisotopic (exact) mass is 341 g/mol. The van der Waals surface area contributed by atoms with Gasteiger partial charge in [0.05, 0.1) is 25.8 Å². The largest absolute Gasteiger partial charge is 0.480 e. The smallest absolute Gasteiger partial charge is 0.318 e. The zero-order valence-corrected chi connectivity index (χ0v) is 15.0. The number of nitrogens with one attached hydrogen (secondary N) is 1. The Kier molecular flexibility index (Phi) is 6.86. The minimum Gasteiger partial charge on any atom is -0.480 e. The van der Waals surface area contributed by atoms with Crippen LogP contribution in [0, 0.1) is 5.92 Å². The van der Waals surface area contributed by atoms with Crippen LogP contribution in [0.2, 0.25) is 0 Å². The molecular formula is C17H31N3O4. The van der Waals surface area contributed by atoms with Crippen molar-refractivity contribution in [1.82, 2.24) is 15.1 Å². The molecule has 1 saturated carbocycles. The van der Waals surface area contributed by atoms with Crippen LogP contribution in [0.5, 0.6) is 0 Å². The molecule has 0 bridgehead atoms. The molecule has 0 aromatic carbocycles. The highest BCUT2D eigenvalue weighted by atomic mass is 16.5. The molecule has 0 spiro atoms. The lowest BCUT2D eigenvalue weighted by Gasteiger charge is -2.44. The maximum Gasteiger partial charge on any atom is 0.318 e. The number of hydrogen-bond acceptors (Lipinski definition) is 4. The number of carbonyl (C=O) groups is 2. The topological polar surface area (TPSA) is 82.1 Å². The van der Waals surface area contributed by atoms with Gasteiger partial charge in [-0.15, -0.1) is 0 Å². The Hall–Kier alpha value is -1.34. The number of amides is 2. The molecule has 1 unspecified atom stereocenters. The van der Waals surface area contributed by atoms with Gasteiger partial charge in [0.2, 0.25) is 0 Å². The first kappa shape index (κ1) is 19.0. The fraction of sp³-hybridized carbons (Fsp3) is 0.882. The van der Waals surface area contributed by atoms with E-state index in [-0.39, 0.29) is 30.7 Å². The first-order valence-corrected chi connectivity index (χ1v) is 9.01. The van der Waals surface area contributed by atoms with E-state index in [9.17, 15) is 9.59 Å². The Balaban J connectivity index is 1.79. The summed E-state index contributed by atoms with van der Waals surface area (Å²) in [6.45, 7) is 8.92. The van der Waals surface area contributed by atoms with E-state index in [1.807, 2.05) is 16.7 Å². The second kappa shape index (κ2) is 8.67. The number of likely N-dealkylation sites (N-methyl/N-ethyl adjacent to an activating group) is 1. The van der Waals surface area contributed by atoms with Crippen LogP contribution in [0.3, 0.4) is 0 Å². The first-order valence-electron chi connectivity index (χ1n) is 9.01. The van der Waals surface area contributed by atoms with E-state index in [0.717, 1.165) is 25.8 Å². The predicted molar refractivity (Wildman–Crippen MR) is 91.0 cm³/mol. The normalized spacial score (nSPS) is 27.2. The van der Waals surface area contributed by atoms with Gasteiger partial charge in [0, 0.05) is 18.6 Å². The minimum atomic E-state index is -0.797. The number of carboxylic acids is 1. The zero-order valence-electron chi connectivity index (χ0n) is 15.0. The van der Waals surface area contributed by atoms with E-state index in [1.54, 1.807) is 0 Å². The van der Waals surface area contributed by atoms with Gasteiger partial charge < -0.3 is 20.1 Å². The molecule has 0 radical (unpaired) electrons. The van der Waals surface area contributed by atoms with Gasteiger partial charge in [-0.05, 0) is 31.7 Å². The molecule has 1 aliphatic heterocycles. The van der Waals surface area contributed by atoms with Crippen LogP contribution in [-0.4, -0.2) is 77.9 Å². The molecule has 2 rings (SSSR count). The van der Waals surface area contributed by atoms with Crippen molar-refractivity contribution in [3.8, 4) is 0 Å². The molecule has 1 aliphatic carbocycles. The lowest BCUT2D eigenvalue weighted by molar-refractivity contribution is -0.139. The van der Waals surface area contributed by atoms with Crippen molar-refractivity contribution >= 4 is 12.0 Å². The van der Waals surface area contributed by atoms with Crippen molar-refractivity contribution in [2.75, 3.05) is 32.8 Å². The van der Waals surface area contributed by atoms with E-state index < -0.39 is 5.97 Å². The maximum atomic E-state index is 12.6. The summed E-state index contributed by atoms with van der Waals surface area (Å²) < 4.78 is 5.52. The number of urea groups is 1. The Bertz CT molecular complexity index is 438. The van der Waals surface area contributed by atoms with Gasteiger partial charge in [-0.25, -0.2) is 4.79 Å². The summed E-state index contributed by atoms with van der Waals surface area (Å²) >= 11 is 0. The van der Waals surface area contributed by atoms with Crippen LogP contribution >= 0.6 is 0 Å². The highest BCUT2D eigenvalue weighted by molar-refractivity contribution is 5.75. The molecule has 1 atom stereocenters. The molecule has 7 heteroatoms. The third-order valence-corrected chi connectivity index (χ3v) is 4.93.